The average molecular weight is 398 g/mol. The predicted molar refractivity (Wildman–Crippen MR) is 94.4 cm³/mol. The molecule has 2 amide bonds. The fourth-order valence-corrected chi connectivity index (χ4v) is 3.02. The summed E-state index contributed by atoms with van der Waals surface area (Å²) in [6.07, 6.45) is 5.34. The number of carbonyl (C=O) groups excluding carboxylic acids is 2. The first-order chi connectivity index (χ1) is 11.2. The molecule has 1 N–H and O–H groups in total. The molecule has 0 radical (unpaired) electrons. The molecular weight excluding hydrogens is 374 g/mol. The molecule has 24 heavy (non-hydrogen) atoms. The molecule has 1 atom stereocenters. The maximum atomic E-state index is 12.8. The van der Waals surface area contributed by atoms with Gasteiger partial charge in [-0.1, -0.05) is 0 Å². The van der Waals surface area contributed by atoms with E-state index in [0.717, 1.165) is 22.9 Å². The fourth-order valence-electron chi connectivity index (χ4n) is 2.61. The number of hydrogen-bond donors (Lipinski definition) is 1. The molecule has 1 fully saturated rings. The van der Waals surface area contributed by atoms with Crippen LogP contribution in [0.25, 0.3) is 0 Å². The highest BCUT2D eigenvalue weighted by molar-refractivity contribution is 9.10. The van der Waals surface area contributed by atoms with Crippen molar-refractivity contribution in [3.8, 4) is 0 Å². The Morgan fingerprint density at radius 1 is 1.42 bits per heavy atom. The summed E-state index contributed by atoms with van der Waals surface area (Å²) in [6.45, 7) is 6.56. The lowest BCUT2D eigenvalue weighted by Gasteiger charge is -2.26. The number of amides is 2. The Kier molecular flexibility index (Phi) is 6.21. The zero-order valence-electron chi connectivity index (χ0n) is 14.3. The van der Waals surface area contributed by atoms with Gasteiger partial charge in [-0.2, -0.15) is 0 Å². The topological polar surface area (TPSA) is 71.5 Å². The third-order valence-corrected chi connectivity index (χ3v) is 4.04. The lowest BCUT2D eigenvalue weighted by molar-refractivity contribution is -0.133. The second-order valence-corrected chi connectivity index (χ2v) is 7.88. The second-order valence-electron chi connectivity index (χ2n) is 6.97. The van der Waals surface area contributed by atoms with Gasteiger partial charge in [0.1, 0.15) is 11.6 Å². The quantitative estimate of drug-likeness (QED) is 0.849. The van der Waals surface area contributed by atoms with Gasteiger partial charge in [-0.15, -0.1) is 0 Å². The summed E-state index contributed by atoms with van der Waals surface area (Å²) in [5.74, 6) is -0.0710. The van der Waals surface area contributed by atoms with Crippen molar-refractivity contribution in [1.29, 1.82) is 0 Å². The molecule has 0 saturated carbocycles. The highest BCUT2D eigenvalue weighted by Crippen LogP contribution is 2.17. The van der Waals surface area contributed by atoms with Crippen LogP contribution in [0.3, 0.4) is 0 Å². The molecule has 1 aromatic rings. The van der Waals surface area contributed by atoms with Crippen LogP contribution in [0, 0.1) is 0 Å². The Bertz CT molecular complexity index is 601. The van der Waals surface area contributed by atoms with Crippen molar-refractivity contribution in [2.45, 2.75) is 58.2 Å². The van der Waals surface area contributed by atoms with Gasteiger partial charge in [-0.25, -0.2) is 4.79 Å². The number of aromatic nitrogens is 1. The molecule has 0 aromatic carbocycles. The van der Waals surface area contributed by atoms with E-state index in [4.69, 9.17) is 4.74 Å². The molecule has 1 aromatic heterocycles. The van der Waals surface area contributed by atoms with E-state index in [1.165, 1.54) is 0 Å². The highest BCUT2D eigenvalue weighted by Gasteiger charge is 2.29. The van der Waals surface area contributed by atoms with Gasteiger partial charge in [-0.3, -0.25) is 9.78 Å². The van der Waals surface area contributed by atoms with E-state index in [1.807, 2.05) is 6.07 Å². The third kappa shape index (κ3) is 5.78. The SMILES string of the molecule is CC(C)(C)OC(=O)NC1CCCCN(Cc2cncc(Br)c2)C1=O. The van der Waals surface area contributed by atoms with E-state index in [-0.39, 0.29) is 5.91 Å². The van der Waals surface area contributed by atoms with Gasteiger partial charge >= 0.3 is 6.09 Å². The maximum absolute atomic E-state index is 12.8. The van der Waals surface area contributed by atoms with E-state index in [9.17, 15) is 9.59 Å². The number of pyridine rings is 1. The Morgan fingerprint density at radius 3 is 2.83 bits per heavy atom. The first-order valence-corrected chi connectivity index (χ1v) is 8.91. The van der Waals surface area contributed by atoms with Crippen LogP contribution in [0.1, 0.15) is 45.6 Å². The van der Waals surface area contributed by atoms with Crippen LogP contribution in [0.15, 0.2) is 22.9 Å². The van der Waals surface area contributed by atoms with Crippen LogP contribution in [0.4, 0.5) is 4.79 Å². The number of nitrogens with zero attached hydrogens (tertiary/aromatic N) is 2. The molecule has 2 heterocycles. The van der Waals surface area contributed by atoms with E-state index in [2.05, 4.69) is 26.2 Å². The minimum absolute atomic E-state index is 0.0710. The number of rotatable bonds is 3. The summed E-state index contributed by atoms with van der Waals surface area (Å²) in [6, 6.07) is 1.41. The minimum Gasteiger partial charge on any atom is -0.444 e. The molecule has 1 saturated heterocycles. The number of nitrogens with one attached hydrogen (secondary N) is 1. The molecule has 0 spiro atoms. The first-order valence-electron chi connectivity index (χ1n) is 8.12. The summed E-state index contributed by atoms with van der Waals surface area (Å²) in [7, 11) is 0. The fraction of sp³-hybridized carbons (Fsp3) is 0.588. The number of halogens is 1. The Hall–Kier alpha value is -1.63. The summed E-state index contributed by atoms with van der Waals surface area (Å²) >= 11 is 3.39. The van der Waals surface area contributed by atoms with Gasteiger partial charge in [0.2, 0.25) is 5.91 Å². The van der Waals surface area contributed by atoms with Crippen molar-refractivity contribution in [3.63, 3.8) is 0 Å². The van der Waals surface area contributed by atoms with Crippen molar-refractivity contribution in [2.75, 3.05) is 6.54 Å². The maximum Gasteiger partial charge on any atom is 0.408 e. The second kappa shape index (κ2) is 7.96. The number of carbonyl (C=O) groups is 2. The Morgan fingerprint density at radius 2 is 2.17 bits per heavy atom. The van der Waals surface area contributed by atoms with Gasteiger partial charge in [0.05, 0.1) is 0 Å². The van der Waals surface area contributed by atoms with Gasteiger partial charge < -0.3 is 15.0 Å². The zero-order valence-corrected chi connectivity index (χ0v) is 15.9. The number of ether oxygens (including phenoxy) is 1. The van der Waals surface area contributed by atoms with E-state index >= 15 is 0 Å². The lowest BCUT2D eigenvalue weighted by Crippen LogP contribution is -2.48. The summed E-state index contributed by atoms with van der Waals surface area (Å²) < 4.78 is 6.14. The molecule has 1 aliphatic rings. The van der Waals surface area contributed by atoms with Crippen LogP contribution in [-0.4, -0.2) is 40.1 Å². The van der Waals surface area contributed by atoms with Gasteiger partial charge in [0, 0.05) is 30.0 Å². The largest absolute Gasteiger partial charge is 0.444 e. The van der Waals surface area contributed by atoms with Crippen LogP contribution in [-0.2, 0) is 16.1 Å². The molecule has 7 heteroatoms. The van der Waals surface area contributed by atoms with Crippen LogP contribution in [0.2, 0.25) is 0 Å². The van der Waals surface area contributed by atoms with E-state index in [1.54, 1.807) is 38.1 Å². The first kappa shape index (κ1) is 18.7. The van der Waals surface area contributed by atoms with Gasteiger partial charge in [0.25, 0.3) is 0 Å². The Labute approximate surface area is 151 Å². The van der Waals surface area contributed by atoms with Crippen LogP contribution in [0.5, 0.6) is 0 Å². The molecule has 1 unspecified atom stereocenters. The minimum atomic E-state index is -0.584. The molecule has 2 rings (SSSR count). The highest BCUT2D eigenvalue weighted by atomic mass is 79.9. The van der Waals surface area contributed by atoms with Crippen molar-refractivity contribution in [1.82, 2.24) is 15.2 Å². The summed E-state index contributed by atoms with van der Waals surface area (Å²) in [5, 5.41) is 2.72. The van der Waals surface area contributed by atoms with Crippen molar-refractivity contribution in [3.05, 3.63) is 28.5 Å². The van der Waals surface area contributed by atoms with Crippen molar-refractivity contribution in [2.24, 2.45) is 0 Å². The molecule has 0 aliphatic carbocycles. The lowest BCUT2D eigenvalue weighted by atomic mass is 10.1. The smallest absolute Gasteiger partial charge is 0.408 e. The molecule has 1 aliphatic heterocycles. The third-order valence-electron chi connectivity index (χ3n) is 3.61. The normalized spacial score (nSPS) is 18.9. The number of alkyl carbamates (subject to hydrolysis) is 1. The molecule has 0 bridgehead atoms. The van der Waals surface area contributed by atoms with Crippen molar-refractivity contribution >= 4 is 27.9 Å². The zero-order chi connectivity index (χ0) is 17.7. The molecule has 132 valence electrons. The van der Waals surface area contributed by atoms with E-state index in [0.29, 0.717) is 19.5 Å². The standard InChI is InChI=1S/C17H24BrN3O3/c1-17(2,3)24-16(23)20-14-6-4-5-7-21(15(14)22)11-12-8-13(18)10-19-9-12/h8-10,14H,4-7,11H2,1-3H3,(H,20,23). The molecular formula is C17H24BrN3O3. The average Bonchev–Trinajstić information content (AvgIpc) is 2.61. The number of likely N-dealkylation sites (tertiary alicyclic amines) is 1. The van der Waals surface area contributed by atoms with Crippen molar-refractivity contribution < 1.29 is 14.3 Å². The Balaban J connectivity index is 2.03. The van der Waals surface area contributed by atoms with Crippen LogP contribution >= 0.6 is 15.9 Å². The van der Waals surface area contributed by atoms with Gasteiger partial charge in [-0.05, 0) is 67.6 Å². The predicted octanol–water partition coefficient (Wildman–Crippen LogP) is 3.25. The molecule has 6 nitrogen and oxygen atoms in total. The monoisotopic (exact) mass is 397 g/mol. The van der Waals surface area contributed by atoms with Gasteiger partial charge in [0.15, 0.2) is 0 Å². The number of hydrogen-bond acceptors (Lipinski definition) is 4. The van der Waals surface area contributed by atoms with Crippen LogP contribution < -0.4 is 5.32 Å². The van der Waals surface area contributed by atoms with E-state index < -0.39 is 17.7 Å². The summed E-state index contributed by atoms with van der Waals surface area (Å²) in [5.41, 5.74) is 0.371. The summed E-state index contributed by atoms with van der Waals surface area (Å²) in [4.78, 5) is 30.6.